The molecule has 0 bridgehead atoms. The van der Waals surface area contributed by atoms with Crippen molar-refractivity contribution in [3.05, 3.63) is 66.2 Å². The van der Waals surface area contributed by atoms with E-state index < -0.39 is 10.0 Å². The quantitative estimate of drug-likeness (QED) is 0.635. The first-order valence-electron chi connectivity index (χ1n) is 8.93. The van der Waals surface area contributed by atoms with E-state index in [1.165, 1.54) is 4.31 Å². The molecule has 7 heteroatoms. The van der Waals surface area contributed by atoms with Crippen LogP contribution in [0.1, 0.15) is 25.3 Å². The summed E-state index contributed by atoms with van der Waals surface area (Å²) in [5.74, 6) is -0.401. The number of hydrogen-bond donors (Lipinski definition) is 1. The summed E-state index contributed by atoms with van der Waals surface area (Å²) in [5.41, 5.74) is 4.29. The van der Waals surface area contributed by atoms with Gasteiger partial charge in [0.25, 0.3) is 0 Å². The summed E-state index contributed by atoms with van der Waals surface area (Å²) < 4.78 is 26.7. The third kappa shape index (κ3) is 4.61. The monoisotopic (exact) mass is 385 g/mol. The number of hydrogen-bond acceptors (Lipinski definition) is 4. The van der Waals surface area contributed by atoms with Crippen molar-refractivity contribution in [1.82, 2.24) is 9.73 Å². The molecule has 1 amide bonds. The van der Waals surface area contributed by atoms with E-state index in [1.807, 2.05) is 37.3 Å². The molecule has 1 aliphatic heterocycles. The van der Waals surface area contributed by atoms with Crippen LogP contribution in [-0.2, 0) is 14.8 Å². The molecule has 0 radical (unpaired) electrons. The van der Waals surface area contributed by atoms with Crippen LogP contribution in [0.4, 0.5) is 0 Å². The smallest absolute Gasteiger partial charge is 0.243 e. The summed E-state index contributed by atoms with van der Waals surface area (Å²) in [6.07, 6.45) is 0.968. The number of rotatable bonds is 5. The molecule has 3 rings (SSSR count). The Kier molecular flexibility index (Phi) is 6.03. The molecule has 1 N–H and O–H groups in total. The molecule has 1 fully saturated rings. The van der Waals surface area contributed by atoms with E-state index in [2.05, 4.69) is 10.5 Å². The van der Waals surface area contributed by atoms with Crippen LogP contribution in [0.15, 0.2) is 70.7 Å². The molecule has 142 valence electrons. The lowest BCUT2D eigenvalue weighted by atomic mass is 9.98. The van der Waals surface area contributed by atoms with Gasteiger partial charge in [0, 0.05) is 19.0 Å². The molecular weight excluding hydrogens is 362 g/mol. The molecule has 0 atom stereocenters. The Morgan fingerprint density at radius 3 is 2.15 bits per heavy atom. The number of sulfonamides is 1. The van der Waals surface area contributed by atoms with Crippen LogP contribution in [0.2, 0.25) is 0 Å². The van der Waals surface area contributed by atoms with Crippen molar-refractivity contribution in [3.63, 3.8) is 0 Å². The first-order chi connectivity index (χ1) is 13.0. The lowest BCUT2D eigenvalue weighted by molar-refractivity contribution is -0.126. The standard InChI is InChI=1S/C20H23N3O3S/c1-16(17-8-4-2-5-9-17)21-22-20(24)18-12-14-23(15-13-18)27(25,26)19-10-6-3-7-11-19/h2-11,18H,12-15H2,1H3,(H,22,24)/b21-16+. The summed E-state index contributed by atoms with van der Waals surface area (Å²) in [4.78, 5) is 12.7. The Hall–Kier alpha value is -2.51. The van der Waals surface area contributed by atoms with Crippen LogP contribution in [0, 0.1) is 5.92 Å². The van der Waals surface area contributed by atoms with Crippen molar-refractivity contribution in [3.8, 4) is 0 Å². The van der Waals surface area contributed by atoms with Gasteiger partial charge in [-0.05, 0) is 37.5 Å². The molecule has 1 saturated heterocycles. The van der Waals surface area contributed by atoms with Crippen LogP contribution < -0.4 is 5.43 Å². The Balaban J connectivity index is 1.57. The van der Waals surface area contributed by atoms with Gasteiger partial charge >= 0.3 is 0 Å². The largest absolute Gasteiger partial charge is 0.273 e. The van der Waals surface area contributed by atoms with Crippen molar-refractivity contribution >= 4 is 21.6 Å². The average molecular weight is 385 g/mol. The maximum absolute atomic E-state index is 12.6. The van der Waals surface area contributed by atoms with Crippen LogP contribution in [0.3, 0.4) is 0 Å². The van der Waals surface area contributed by atoms with E-state index in [0.717, 1.165) is 11.3 Å². The molecule has 2 aromatic carbocycles. The van der Waals surface area contributed by atoms with Gasteiger partial charge in [-0.3, -0.25) is 4.79 Å². The zero-order valence-corrected chi connectivity index (χ0v) is 16.0. The number of carbonyl (C=O) groups excluding carboxylic acids is 1. The van der Waals surface area contributed by atoms with Gasteiger partial charge in [-0.25, -0.2) is 13.8 Å². The predicted molar refractivity (Wildman–Crippen MR) is 105 cm³/mol. The normalized spacial score (nSPS) is 16.9. The second-order valence-corrected chi connectivity index (χ2v) is 8.47. The number of nitrogens with one attached hydrogen (secondary N) is 1. The molecule has 1 heterocycles. The van der Waals surface area contributed by atoms with Gasteiger partial charge in [-0.1, -0.05) is 48.5 Å². The maximum Gasteiger partial charge on any atom is 0.243 e. The lowest BCUT2D eigenvalue weighted by Crippen LogP contribution is -2.42. The van der Waals surface area contributed by atoms with Crippen molar-refractivity contribution in [2.75, 3.05) is 13.1 Å². The minimum absolute atomic E-state index is 0.165. The average Bonchev–Trinajstić information content (AvgIpc) is 2.73. The van der Waals surface area contributed by atoms with E-state index in [0.29, 0.717) is 25.9 Å². The molecule has 0 saturated carbocycles. The molecule has 2 aromatic rings. The van der Waals surface area contributed by atoms with Gasteiger partial charge in [0.1, 0.15) is 0 Å². The van der Waals surface area contributed by atoms with Crippen LogP contribution in [0.25, 0.3) is 0 Å². The second-order valence-electron chi connectivity index (χ2n) is 6.53. The number of hydrazone groups is 1. The summed E-state index contributed by atoms with van der Waals surface area (Å²) in [7, 11) is -3.50. The first-order valence-corrected chi connectivity index (χ1v) is 10.4. The van der Waals surface area contributed by atoms with Crippen molar-refractivity contribution in [2.24, 2.45) is 11.0 Å². The topological polar surface area (TPSA) is 78.8 Å². The van der Waals surface area contributed by atoms with E-state index in [1.54, 1.807) is 30.3 Å². The summed E-state index contributed by atoms with van der Waals surface area (Å²) in [6, 6.07) is 18.0. The fraction of sp³-hybridized carbons (Fsp3) is 0.300. The van der Waals surface area contributed by atoms with Crippen molar-refractivity contribution < 1.29 is 13.2 Å². The highest BCUT2D eigenvalue weighted by Gasteiger charge is 2.31. The number of carbonyl (C=O) groups is 1. The molecule has 1 aliphatic rings. The number of nitrogens with zero attached hydrogens (tertiary/aromatic N) is 2. The summed E-state index contributed by atoms with van der Waals surface area (Å²) >= 11 is 0. The van der Waals surface area contributed by atoms with Crippen molar-refractivity contribution in [2.45, 2.75) is 24.7 Å². The SMILES string of the molecule is C/C(=N\NC(=O)C1CCN(S(=O)(=O)c2ccccc2)CC1)c1ccccc1. The number of benzene rings is 2. The zero-order chi connectivity index (χ0) is 19.3. The second kappa shape index (κ2) is 8.45. The highest BCUT2D eigenvalue weighted by molar-refractivity contribution is 7.89. The van der Waals surface area contributed by atoms with Crippen LogP contribution in [0.5, 0.6) is 0 Å². The van der Waals surface area contributed by atoms with Gasteiger partial charge in [0.15, 0.2) is 0 Å². The first kappa shape index (κ1) is 19.3. The lowest BCUT2D eigenvalue weighted by Gasteiger charge is -2.30. The highest BCUT2D eigenvalue weighted by Crippen LogP contribution is 2.23. The maximum atomic E-state index is 12.6. The fourth-order valence-electron chi connectivity index (χ4n) is 3.07. The van der Waals surface area contributed by atoms with E-state index in [4.69, 9.17) is 0 Å². The Morgan fingerprint density at radius 1 is 1.00 bits per heavy atom. The van der Waals surface area contributed by atoms with Crippen LogP contribution >= 0.6 is 0 Å². The molecule has 0 aromatic heterocycles. The third-order valence-corrected chi connectivity index (χ3v) is 6.64. The van der Waals surface area contributed by atoms with E-state index in [-0.39, 0.29) is 16.7 Å². The van der Waals surface area contributed by atoms with Crippen LogP contribution in [-0.4, -0.2) is 37.4 Å². The fourth-order valence-corrected chi connectivity index (χ4v) is 4.56. The zero-order valence-electron chi connectivity index (χ0n) is 15.2. The van der Waals surface area contributed by atoms with E-state index in [9.17, 15) is 13.2 Å². The van der Waals surface area contributed by atoms with Gasteiger partial charge in [0.05, 0.1) is 10.6 Å². The minimum Gasteiger partial charge on any atom is -0.273 e. The predicted octanol–water partition coefficient (Wildman–Crippen LogP) is 2.63. The minimum atomic E-state index is -3.50. The summed E-state index contributed by atoms with van der Waals surface area (Å²) in [6.45, 7) is 2.50. The number of piperidine rings is 1. The van der Waals surface area contributed by atoms with Gasteiger partial charge in [-0.15, -0.1) is 0 Å². The molecule has 0 spiro atoms. The van der Waals surface area contributed by atoms with E-state index >= 15 is 0 Å². The summed E-state index contributed by atoms with van der Waals surface area (Å²) in [5, 5.41) is 4.17. The third-order valence-electron chi connectivity index (χ3n) is 4.73. The Morgan fingerprint density at radius 2 is 1.56 bits per heavy atom. The molecule has 0 unspecified atom stereocenters. The Labute approximate surface area is 159 Å². The molecule has 6 nitrogen and oxygen atoms in total. The molecule has 0 aliphatic carbocycles. The highest BCUT2D eigenvalue weighted by atomic mass is 32.2. The van der Waals surface area contributed by atoms with Gasteiger partial charge < -0.3 is 0 Å². The van der Waals surface area contributed by atoms with Gasteiger partial charge in [0.2, 0.25) is 15.9 Å². The number of amides is 1. The molecule has 27 heavy (non-hydrogen) atoms. The van der Waals surface area contributed by atoms with Crippen molar-refractivity contribution in [1.29, 1.82) is 0 Å². The Bertz CT molecular complexity index is 904. The van der Waals surface area contributed by atoms with Gasteiger partial charge in [-0.2, -0.15) is 9.41 Å². The molecular formula is C20H23N3O3S.